The van der Waals surface area contributed by atoms with Gasteiger partial charge in [-0.1, -0.05) is 73.7 Å². The predicted octanol–water partition coefficient (Wildman–Crippen LogP) is 5.08. The Morgan fingerprint density at radius 1 is 0.971 bits per heavy atom. The molecule has 2 aliphatic rings. The number of likely N-dealkylation sites (tertiary alicyclic amines) is 1. The van der Waals surface area contributed by atoms with Crippen molar-refractivity contribution >= 4 is 5.97 Å². The molecule has 1 aliphatic carbocycles. The molecule has 1 saturated heterocycles. The lowest BCUT2D eigenvalue weighted by atomic mass is 9.50. The SMILES string of the molecule is C[C@@]12Cc3ccccc3C[C@]1(c1cccc(O)c1)CCN(C[C@H](Cc1ccccc1)C(=O)O)C2. The van der Waals surface area contributed by atoms with Crippen LogP contribution in [0.15, 0.2) is 78.9 Å². The first-order chi connectivity index (χ1) is 16.4. The average Bonchev–Trinajstić information content (AvgIpc) is 2.82. The summed E-state index contributed by atoms with van der Waals surface area (Å²) in [5, 5.41) is 20.3. The monoisotopic (exact) mass is 455 g/mol. The maximum absolute atomic E-state index is 12.2. The third kappa shape index (κ3) is 4.12. The maximum atomic E-state index is 12.2. The quantitative estimate of drug-likeness (QED) is 0.544. The maximum Gasteiger partial charge on any atom is 0.308 e. The molecule has 0 saturated carbocycles. The first kappa shape index (κ1) is 22.7. The molecule has 1 heterocycles. The molecule has 5 rings (SSSR count). The smallest absolute Gasteiger partial charge is 0.308 e. The zero-order chi connectivity index (χ0) is 23.8. The highest BCUT2D eigenvalue weighted by molar-refractivity contribution is 5.70. The molecule has 1 fully saturated rings. The molecular formula is C30H33NO3. The van der Waals surface area contributed by atoms with Crippen LogP contribution < -0.4 is 0 Å². The van der Waals surface area contributed by atoms with Crippen molar-refractivity contribution in [1.82, 2.24) is 4.90 Å². The Morgan fingerprint density at radius 2 is 1.68 bits per heavy atom. The van der Waals surface area contributed by atoms with E-state index in [-0.39, 0.29) is 10.8 Å². The van der Waals surface area contributed by atoms with E-state index >= 15 is 0 Å². The van der Waals surface area contributed by atoms with Crippen LogP contribution in [0, 0.1) is 11.3 Å². The van der Waals surface area contributed by atoms with Crippen LogP contribution in [0.25, 0.3) is 0 Å². The average molecular weight is 456 g/mol. The Morgan fingerprint density at radius 3 is 2.38 bits per heavy atom. The number of aromatic hydroxyl groups is 1. The summed E-state index contributed by atoms with van der Waals surface area (Å²) >= 11 is 0. The molecule has 0 bridgehead atoms. The van der Waals surface area contributed by atoms with Gasteiger partial charge in [0, 0.05) is 18.5 Å². The van der Waals surface area contributed by atoms with Crippen molar-refractivity contribution in [3.05, 3.63) is 101 Å². The number of hydrogen-bond donors (Lipinski definition) is 2. The normalized spacial score (nSPS) is 25.2. The molecule has 176 valence electrons. The first-order valence-corrected chi connectivity index (χ1v) is 12.2. The highest BCUT2D eigenvalue weighted by Gasteiger charge is 2.55. The second kappa shape index (κ2) is 8.92. The fourth-order valence-electron chi connectivity index (χ4n) is 6.54. The van der Waals surface area contributed by atoms with Crippen LogP contribution in [0.1, 0.15) is 35.6 Å². The van der Waals surface area contributed by atoms with Gasteiger partial charge in [-0.2, -0.15) is 0 Å². The van der Waals surface area contributed by atoms with Gasteiger partial charge in [0.25, 0.3) is 0 Å². The molecular weight excluding hydrogens is 422 g/mol. The van der Waals surface area contributed by atoms with Gasteiger partial charge in [0.1, 0.15) is 5.75 Å². The van der Waals surface area contributed by atoms with E-state index in [0.29, 0.717) is 18.7 Å². The summed E-state index contributed by atoms with van der Waals surface area (Å²) in [5.41, 5.74) is 4.89. The number of piperidine rings is 1. The Balaban J connectivity index is 1.45. The molecule has 4 nitrogen and oxygen atoms in total. The topological polar surface area (TPSA) is 60.8 Å². The lowest BCUT2D eigenvalue weighted by Gasteiger charge is -2.58. The summed E-state index contributed by atoms with van der Waals surface area (Å²) < 4.78 is 0. The Hall–Kier alpha value is -3.11. The van der Waals surface area contributed by atoms with Crippen LogP contribution in [-0.2, 0) is 29.5 Å². The molecule has 0 spiro atoms. The van der Waals surface area contributed by atoms with E-state index in [1.807, 2.05) is 42.5 Å². The molecule has 3 aromatic carbocycles. The van der Waals surface area contributed by atoms with Crippen LogP contribution in [0.4, 0.5) is 0 Å². The molecule has 0 unspecified atom stereocenters. The second-order valence-electron chi connectivity index (χ2n) is 10.5. The molecule has 4 heteroatoms. The largest absolute Gasteiger partial charge is 0.508 e. The van der Waals surface area contributed by atoms with E-state index in [1.165, 1.54) is 16.7 Å². The molecule has 2 N–H and O–H groups in total. The number of nitrogens with zero attached hydrogens (tertiary/aromatic N) is 1. The van der Waals surface area contributed by atoms with Crippen LogP contribution in [0.3, 0.4) is 0 Å². The van der Waals surface area contributed by atoms with Gasteiger partial charge >= 0.3 is 5.97 Å². The number of fused-ring (bicyclic) bond motifs is 2. The lowest BCUT2D eigenvalue weighted by Crippen LogP contribution is -2.61. The Kier molecular flexibility index (Phi) is 5.95. The summed E-state index contributed by atoms with van der Waals surface area (Å²) in [5.74, 6) is -0.854. The highest BCUT2D eigenvalue weighted by atomic mass is 16.4. The second-order valence-corrected chi connectivity index (χ2v) is 10.5. The minimum atomic E-state index is -0.729. The van der Waals surface area contributed by atoms with Crippen molar-refractivity contribution in [3.63, 3.8) is 0 Å². The standard InChI is InChI=1S/C30H33NO3/c1-29-18-23-10-5-6-11-24(23)19-30(29,26-12-7-13-27(32)17-26)14-15-31(21-29)20-25(28(33)34)16-22-8-3-2-4-9-22/h2-13,17,25,32H,14-16,18-21H2,1H3,(H,33,34)/t25-,29-,30-/m0/s1. The zero-order valence-corrected chi connectivity index (χ0v) is 19.8. The van der Waals surface area contributed by atoms with Gasteiger partial charge in [-0.05, 0) is 72.0 Å². The Labute approximate surface area is 201 Å². The summed E-state index contributed by atoms with van der Waals surface area (Å²) in [6.07, 6.45) is 3.39. The summed E-state index contributed by atoms with van der Waals surface area (Å²) in [6, 6.07) is 26.4. The number of benzene rings is 3. The minimum absolute atomic E-state index is 0.0663. The van der Waals surface area contributed by atoms with Crippen molar-refractivity contribution in [2.45, 2.75) is 38.0 Å². The van der Waals surface area contributed by atoms with Crippen LogP contribution in [0.2, 0.25) is 0 Å². The van der Waals surface area contributed by atoms with Gasteiger partial charge in [0.15, 0.2) is 0 Å². The number of rotatable bonds is 6. The van der Waals surface area contributed by atoms with Crippen LogP contribution >= 0.6 is 0 Å². The van der Waals surface area contributed by atoms with E-state index in [2.05, 4.69) is 42.2 Å². The first-order valence-electron chi connectivity index (χ1n) is 12.2. The van der Waals surface area contributed by atoms with Gasteiger partial charge in [-0.25, -0.2) is 0 Å². The molecule has 0 amide bonds. The molecule has 1 aliphatic heterocycles. The van der Waals surface area contributed by atoms with E-state index in [0.717, 1.165) is 37.9 Å². The minimum Gasteiger partial charge on any atom is -0.508 e. The number of phenolic OH excluding ortho intramolecular Hbond substituents is 1. The number of aliphatic carboxylic acids is 1. The molecule has 0 radical (unpaired) electrons. The number of phenols is 1. The van der Waals surface area contributed by atoms with Gasteiger partial charge in [0.05, 0.1) is 5.92 Å². The van der Waals surface area contributed by atoms with Crippen LogP contribution in [0.5, 0.6) is 5.75 Å². The molecule has 3 aromatic rings. The predicted molar refractivity (Wildman–Crippen MR) is 134 cm³/mol. The van der Waals surface area contributed by atoms with Crippen molar-refractivity contribution in [1.29, 1.82) is 0 Å². The summed E-state index contributed by atoms with van der Waals surface area (Å²) in [4.78, 5) is 14.5. The van der Waals surface area contributed by atoms with E-state index in [9.17, 15) is 15.0 Å². The van der Waals surface area contributed by atoms with Gasteiger partial charge in [0.2, 0.25) is 0 Å². The van der Waals surface area contributed by atoms with Gasteiger partial charge in [-0.3, -0.25) is 4.79 Å². The summed E-state index contributed by atoms with van der Waals surface area (Å²) in [7, 11) is 0. The molecule has 3 atom stereocenters. The van der Waals surface area contributed by atoms with Crippen molar-refractivity contribution in [2.75, 3.05) is 19.6 Å². The number of carbonyl (C=O) groups is 1. The Bertz CT molecular complexity index is 1180. The van der Waals surface area contributed by atoms with E-state index in [4.69, 9.17) is 0 Å². The van der Waals surface area contributed by atoms with E-state index in [1.54, 1.807) is 6.07 Å². The summed E-state index contributed by atoms with van der Waals surface area (Å²) in [6.45, 7) is 4.62. The van der Waals surface area contributed by atoms with Gasteiger partial charge < -0.3 is 15.1 Å². The number of carboxylic acids is 1. The lowest BCUT2D eigenvalue weighted by molar-refractivity contribution is -0.143. The zero-order valence-electron chi connectivity index (χ0n) is 19.8. The molecule has 0 aromatic heterocycles. The third-order valence-electron chi connectivity index (χ3n) is 8.33. The van der Waals surface area contributed by atoms with Crippen molar-refractivity contribution in [3.8, 4) is 5.75 Å². The highest BCUT2D eigenvalue weighted by Crippen LogP contribution is 2.55. The molecule has 34 heavy (non-hydrogen) atoms. The van der Waals surface area contributed by atoms with Crippen LogP contribution in [-0.4, -0.2) is 40.7 Å². The third-order valence-corrected chi connectivity index (χ3v) is 8.33. The fraction of sp³-hybridized carbons (Fsp3) is 0.367. The van der Waals surface area contributed by atoms with E-state index < -0.39 is 11.9 Å². The van der Waals surface area contributed by atoms with Crippen molar-refractivity contribution in [2.24, 2.45) is 11.3 Å². The fourth-order valence-corrected chi connectivity index (χ4v) is 6.54. The number of carboxylic acid groups (broad SMARTS) is 1. The number of hydrogen-bond acceptors (Lipinski definition) is 3. The van der Waals surface area contributed by atoms with Gasteiger partial charge in [-0.15, -0.1) is 0 Å². The van der Waals surface area contributed by atoms with Crippen molar-refractivity contribution < 1.29 is 15.0 Å².